The number of nitrogens with zero attached hydrogens (tertiary/aromatic N) is 1. The minimum Gasteiger partial charge on any atom is -0.399 e. The van der Waals surface area contributed by atoms with Gasteiger partial charge < -0.3 is 10.6 Å². The van der Waals surface area contributed by atoms with E-state index in [1.54, 1.807) is 0 Å². The van der Waals surface area contributed by atoms with E-state index in [2.05, 4.69) is 24.0 Å². The van der Waals surface area contributed by atoms with E-state index < -0.39 is 0 Å². The summed E-state index contributed by atoms with van der Waals surface area (Å²) >= 11 is 0. The zero-order chi connectivity index (χ0) is 11.1. The SMILES string of the molecule is Cc1ccc(N)cc1N(CC1CC1)C1CC1. The molecule has 0 radical (unpaired) electrons. The molecule has 0 heterocycles. The quantitative estimate of drug-likeness (QED) is 0.784. The molecule has 2 fully saturated rings. The summed E-state index contributed by atoms with van der Waals surface area (Å²) in [5, 5.41) is 0. The number of benzene rings is 1. The van der Waals surface area contributed by atoms with E-state index in [9.17, 15) is 0 Å². The van der Waals surface area contributed by atoms with Crippen molar-refractivity contribution in [2.45, 2.75) is 38.6 Å². The van der Waals surface area contributed by atoms with Crippen LogP contribution in [0.25, 0.3) is 0 Å². The van der Waals surface area contributed by atoms with E-state index in [4.69, 9.17) is 5.73 Å². The largest absolute Gasteiger partial charge is 0.399 e. The van der Waals surface area contributed by atoms with Crippen molar-refractivity contribution in [2.75, 3.05) is 17.2 Å². The smallest absolute Gasteiger partial charge is 0.0419 e. The fraction of sp³-hybridized carbons (Fsp3) is 0.571. The van der Waals surface area contributed by atoms with Crippen LogP contribution >= 0.6 is 0 Å². The highest BCUT2D eigenvalue weighted by Gasteiger charge is 2.34. The maximum atomic E-state index is 5.91. The third-order valence-corrected chi connectivity index (χ3v) is 3.68. The van der Waals surface area contributed by atoms with Gasteiger partial charge in [0.25, 0.3) is 0 Å². The van der Waals surface area contributed by atoms with Gasteiger partial charge in [-0.2, -0.15) is 0 Å². The number of nitrogens with two attached hydrogens (primary N) is 1. The maximum Gasteiger partial charge on any atom is 0.0419 e. The molecule has 0 spiro atoms. The molecule has 0 amide bonds. The second-order valence-corrected chi connectivity index (χ2v) is 5.37. The molecule has 2 saturated carbocycles. The van der Waals surface area contributed by atoms with Gasteiger partial charge in [-0.05, 0) is 56.2 Å². The van der Waals surface area contributed by atoms with E-state index >= 15 is 0 Å². The summed E-state index contributed by atoms with van der Waals surface area (Å²) in [6.07, 6.45) is 5.57. The van der Waals surface area contributed by atoms with Gasteiger partial charge in [0.1, 0.15) is 0 Å². The number of anilines is 2. The van der Waals surface area contributed by atoms with Crippen LogP contribution in [0, 0.1) is 12.8 Å². The second-order valence-electron chi connectivity index (χ2n) is 5.37. The van der Waals surface area contributed by atoms with E-state index in [0.717, 1.165) is 17.6 Å². The number of rotatable bonds is 4. The molecule has 86 valence electrons. The first-order chi connectivity index (χ1) is 7.74. The van der Waals surface area contributed by atoms with Crippen LogP contribution in [0.2, 0.25) is 0 Å². The Hall–Kier alpha value is -1.18. The summed E-state index contributed by atoms with van der Waals surface area (Å²) in [7, 11) is 0. The Bertz CT molecular complexity index is 392. The van der Waals surface area contributed by atoms with E-state index in [-0.39, 0.29) is 0 Å². The van der Waals surface area contributed by atoms with Crippen molar-refractivity contribution in [2.24, 2.45) is 5.92 Å². The predicted molar refractivity (Wildman–Crippen MR) is 68.7 cm³/mol. The topological polar surface area (TPSA) is 29.3 Å². The van der Waals surface area contributed by atoms with E-state index in [1.807, 2.05) is 6.07 Å². The zero-order valence-electron chi connectivity index (χ0n) is 9.95. The number of hydrogen-bond acceptors (Lipinski definition) is 2. The molecular weight excluding hydrogens is 196 g/mol. The van der Waals surface area contributed by atoms with Gasteiger partial charge in [-0.15, -0.1) is 0 Å². The lowest BCUT2D eigenvalue weighted by atomic mass is 10.1. The summed E-state index contributed by atoms with van der Waals surface area (Å²) in [4.78, 5) is 2.60. The number of nitrogen functional groups attached to an aromatic ring is 1. The Labute approximate surface area is 97.4 Å². The lowest BCUT2D eigenvalue weighted by Gasteiger charge is -2.26. The highest BCUT2D eigenvalue weighted by atomic mass is 15.2. The molecule has 0 aliphatic heterocycles. The summed E-state index contributed by atoms with van der Waals surface area (Å²) in [5.74, 6) is 0.946. The highest BCUT2D eigenvalue weighted by Crippen LogP contribution is 2.39. The molecule has 2 aliphatic rings. The monoisotopic (exact) mass is 216 g/mol. The lowest BCUT2D eigenvalue weighted by molar-refractivity contribution is 0.717. The molecule has 0 unspecified atom stereocenters. The molecule has 0 aromatic heterocycles. The first-order valence-electron chi connectivity index (χ1n) is 6.37. The van der Waals surface area contributed by atoms with Crippen molar-refractivity contribution < 1.29 is 0 Å². The maximum absolute atomic E-state index is 5.91. The Morgan fingerprint density at radius 3 is 2.62 bits per heavy atom. The average molecular weight is 216 g/mol. The van der Waals surface area contributed by atoms with Crippen molar-refractivity contribution in [1.82, 2.24) is 0 Å². The molecule has 1 aromatic carbocycles. The van der Waals surface area contributed by atoms with Crippen LogP contribution < -0.4 is 10.6 Å². The van der Waals surface area contributed by atoms with Crippen LogP contribution in [0.5, 0.6) is 0 Å². The Balaban J connectivity index is 1.87. The van der Waals surface area contributed by atoms with Crippen molar-refractivity contribution in [3.05, 3.63) is 23.8 Å². The first kappa shape index (κ1) is 10.0. The predicted octanol–water partition coefficient (Wildman–Crippen LogP) is 2.96. The molecule has 0 atom stereocenters. The summed E-state index contributed by atoms with van der Waals surface area (Å²) in [6.45, 7) is 3.44. The zero-order valence-corrected chi connectivity index (χ0v) is 9.95. The third-order valence-electron chi connectivity index (χ3n) is 3.68. The molecule has 2 nitrogen and oxygen atoms in total. The van der Waals surface area contributed by atoms with Gasteiger partial charge in [0.2, 0.25) is 0 Å². The van der Waals surface area contributed by atoms with E-state index in [1.165, 1.54) is 43.5 Å². The molecule has 0 bridgehead atoms. The first-order valence-corrected chi connectivity index (χ1v) is 6.37. The molecule has 2 aliphatic carbocycles. The number of aryl methyl sites for hydroxylation is 1. The molecule has 3 rings (SSSR count). The van der Waals surface area contributed by atoms with Gasteiger partial charge in [-0.1, -0.05) is 6.07 Å². The van der Waals surface area contributed by atoms with Gasteiger partial charge in [0, 0.05) is 24.0 Å². The average Bonchev–Trinajstić information content (AvgIpc) is 3.12. The van der Waals surface area contributed by atoms with Gasteiger partial charge in [-0.3, -0.25) is 0 Å². The second kappa shape index (κ2) is 3.69. The minimum absolute atomic E-state index is 0.793. The minimum atomic E-state index is 0.793. The van der Waals surface area contributed by atoms with Crippen LogP contribution in [0.1, 0.15) is 31.2 Å². The Morgan fingerprint density at radius 2 is 2.00 bits per heavy atom. The summed E-state index contributed by atoms with van der Waals surface area (Å²) < 4.78 is 0. The summed E-state index contributed by atoms with van der Waals surface area (Å²) in [5.41, 5.74) is 9.53. The van der Waals surface area contributed by atoms with Crippen LogP contribution in [0.4, 0.5) is 11.4 Å². The molecule has 0 saturated heterocycles. The summed E-state index contributed by atoms with van der Waals surface area (Å²) in [6, 6.07) is 7.09. The normalized spacial score (nSPS) is 19.8. The molecule has 16 heavy (non-hydrogen) atoms. The molecular formula is C14H20N2. The third kappa shape index (κ3) is 2.01. The van der Waals surface area contributed by atoms with Gasteiger partial charge in [0.15, 0.2) is 0 Å². The van der Waals surface area contributed by atoms with E-state index in [0.29, 0.717) is 0 Å². The lowest BCUT2D eigenvalue weighted by Crippen LogP contribution is -2.28. The van der Waals surface area contributed by atoms with Gasteiger partial charge >= 0.3 is 0 Å². The number of hydrogen-bond donors (Lipinski definition) is 1. The fourth-order valence-corrected chi connectivity index (χ4v) is 2.34. The van der Waals surface area contributed by atoms with Crippen LogP contribution in [0.3, 0.4) is 0 Å². The van der Waals surface area contributed by atoms with Crippen molar-refractivity contribution in [1.29, 1.82) is 0 Å². The van der Waals surface area contributed by atoms with Crippen LogP contribution in [-0.4, -0.2) is 12.6 Å². The molecule has 2 N–H and O–H groups in total. The van der Waals surface area contributed by atoms with Crippen molar-refractivity contribution in [3.63, 3.8) is 0 Å². The van der Waals surface area contributed by atoms with Gasteiger partial charge in [-0.25, -0.2) is 0 Å². The Morgan fingerprint density at radius 1 is 1.25 bits per heavy atom. The van der Waals surface area contributed by atoms with Crippen molar-refractivity contribution in [3.8, 4) is 0 Å². The standard InChI is InChI=1S/C14H20N2/c1-10-2-5-12(15)8-14(10)16(13-6-7-13)9-11-3-4-11/h2,5,8,11,13H,3-4,6-7,9,15H2,1H3. The molecule has 1 aromatic rings. The van der Waals surface area contributed by atoms with Crippen LogP contribution in [-0.2, 0) is 0 Å². The fourth-order valence-electron chi connectivity index (χ4n) is 2.34. The van der Waals surface area contributed by atoms with Crippen LogP contribution in [0.15, 0.2) is 18.2 Å². The van der Waals surface area contributed by atoms with Crippen molar-refractivity contribution >= 4 is 11.4 Å². The highest BCUT2D eigenvalue weighted by molar-refractivity contribution is 5.62. The van der Waals surface area contributed by atoms with Gasteiger partial charge in [0.05, 0.1) is 0 Å². The Kier molecular flexibility index (Phi) is 2.31. The molecule has 2 heteroatoms.